The first kappa shape index (κ1) is 12.9. The summed E-state index contributed by atoms with van der Waals surface area (Å²) >= 11 is 1.54. The second-order valence-corrected chi connectivity index (χ2v) is 5.46. The summed E-state index contributed by atoms with van der Waals surface area (Å²) in [5, 5.41) is 19.1. The Balaban J connectivity index is 1.67. The van der Waals surface area contributed by atoms with Crippen molar-refractivity contribution in [3.8, 4) is 0 Å². The van der Waals surface area contributed by atoms with E-state index in [0.29, 0.717) is 11.1 Å². The minimum absolute atomic E-state index is 0.0668. The number of aryl methyl sites for hydroxylation is 1. The maximum atomic E-state index is 11.3. The average Bonchev–Trinajstić information content (AvgIpc) is 2.83. The Bertz CT molecular complexity index is 652. The number of amides is 1. The highest BCUT2D eigenvalue weighted by atomic mass is 32.2. The number of thioether (sulfide) groups is 1. The van der Waals surface area contributed by atoms with Gasteiger partial charge in [0.1, 0.15) is 5.84 Å². The molecule has 1 aromatic heterocycles. The Morgan fingerprint density at radius 3 is 2.90 bits per heavy atom. The van der Waals surface area contributed by atoms with Crippen molar-refractivity contribution in [2.75, 3.05) is 11.1 Å². The number of carbonyl (C=O) groups excluding carboxylic acids is 1. The number of rotatable bonds is 4. The van der Waals surface area contributed by atoms with Gasteiger partial charge in [-0.05, 0) is 12.0 Å². The first-order valence-corrected chi connectivity index (χ1v) is 7.22. The third-order valence-corrected chi connectivity index (χ3v) is 3.88. The molecule has 3 rings (SSSR count). The fourth-order valence-corrected chi connectivity index (χ4v) is 2.94. The Morgan fingerprint density at radius 2 is 2.10 bits per heavy atom. The van der Waals surface area contributed by atoms with E-state index in [2.05, 4.69) is 27.6 Å². The lowest BCUT2D eigenvalue weighted by Crippen LogP contribution is -2.29. The summed E-state index contributed by atoms with van der Waals surface area (Å²) in [4.78, 5) is 11.3. The molecular weight excluding hydrogens is 274 g/mol. The zero-order valence-electron chi connectivity index (χ0n) is 10.7. The number of nitrogens with one attached hydrogen (secondary N) is 2. The predicted molar refractivity (Wildman–Crippen MR) is 77.3 cm³/mol. The van der Waals surface area contributed by atoms with Gasteiger partial charge in [-0.25, -0.2) is 4.57 Å². The molecule has 2 heterocycles. The molecule has 6 nitrogen and oxygen atoms in total. The van der Waals surface area contributed by atoms with Gasteiger partial charge in [0.05, 0.1) is 6.42 Å². The molecule has 102 valence electrons. The Labute approximate surface area is 120 Å². The van der Waals surface area contributed by atoms with Crippen LogP contribution in [0.2, 0.25) is 0 Å². The molecule has 0 radical (unpaired) electrons. The Morgan fingerprint density at radius 1 is 1.30 bits per heavy atom. The van der Waals surface area contributed by atoms with E-state index in [1.807, 2.05) is 18.2 Å². The number of hydrogen-bond donors (Lipinski definition) is 2. The fraction of sp³-hybridized carbons (Fsp3) is 0.231. The normalized spacial score (nSPS) is 14.0. The number of carbonyl (C=O) groups is 1. The molecule has 0 atom stereocenters. The minimum atomic E-state index is -0.212. The highest BCUT2D eigenvalue weighted by Crippen LogP contribution is 2.23. The van der Waals surface area contributed by atoms with Crippen molar-refractivity contribution in [1.29, 1.82) is 5.41 Å². The number of hydrogen-bond acceptors (Lipinski definition) is 5. The molecule has 0 spiro atoms. The van der Waals surface area contributed by atoms with Crippen LogP contribution in [0.25, 0.3) is 0 Å². The molecule has 20 heavy (non-hydrogen) atoms. The maximum Gasteiger partial charge on any atom is 0.237 e. The van der Waals surface area contributed by atoms with Crippen LogP contribution in [-0.2, 0) is 11.2 Å². The second kappa shape index (κ2) is 5.46. The quantitative estimate of drug-likeness (QED) is 0.840. The van der Waals surface area contributed by atoms with Gasteiger partial charge in [0.15, 0.2) is 5.16 Å². The van der Waals surface area contributed by atoms with Crippen molar-refractivity contribution in [3.05, 3.63) is 35.9 Å². The van der Waals surface area contributed by atoms with E-state index in [0.717, 1.165) is 12.2 Å². The summed E-state index contributed by atoms with van der Waals surface area (Å²) in [6.07, 6.45) is 0.991. The van der Waals surface area contributed by atoms with Gasteiger partial charge in [-0.2, -0.15) is 0 Å². The molecule has 0 unspecified atom stereocenters. The third kappa shape index (κ3) is 2.57. The van der Waals surface area contributed by atoms with E-state index < -0.39 is 0 Å². The summed E-state index contributed by atoms with van der Waals surface area (Å²) in [5.74, 6) is 1.20. The summed E-state index contributed by atoms with van der Waals surface area (Å²) < 4.78 is 1.59. The van der Waals surface area contributed by atoms with Gasteiger partial charge in [-0.15, -0.1) is 10.2 Å². The van der Waals surface area contributed by atoms with Crippen LogP contribution in [-0.4, -0.2) is 32.3 Å². The molecule has 1 aliphatic heterocycles. The fourth-order valence-electron chi connectivity index (χ4n) is 1.99. The number of fused-ring (bicyclic) bond motifs is 1. The number of anilines is 1. The Hall–Kier alpha value is -2.15. The zero-order valence-corrected chi connectivity index (χ0v) is 11.5. The molecule has 0 saturated carbocycles. The first-order valence-electron chi connectivity index (χ1n) is 6.24. The highest BCUT2D eigenvalue weighted by Gasteiger charge is 2.24. The maximum absolute atomic E-state index is 11.3. The van der Waals surface area contributed by atoms with Crippen molar-refractivity contribution in [2.24, 2.45) is 0 Å². The van der Waals surface area contributed by atoms with Crippen LogP contribution in [0.15, 0.2) is 35.5 Å². The number of nitrogens with zero attached hydrogens (tertiary/aromatic N) is 3. The molecule has 2 N–H and O–H groups in total. The van der Waals surface area contributed by atoms with Crippen LogP contribution in [0.1, 0.15) is 12.0 Å². The van der Waals surface area contributed by atoms with Gasteiger partial charge in [-0.1, -0.05) is 42.1 Å². The van der Waals surface area contributed by atoms with Gasteiger partial charge < -0.3 is 0 Å². The molecule has 2 aromatic rings. The SMILES string of the molecule is N=C1CC(=O)Nc2nnc(SCCc3ccccc3)n21. The summed E-state index contributed by atoms with van der Waals surface area (Å²) in [7, 11) is 0. The summed E-state index contributed by atoms with van der Waals surface area (Å²) in [6, 6.07) is 10.2. The molecule has 0 aliphatic carbocycles. The second-order valence-electron chi connectivity index (χ2n) is 4.40. The van der Waals surface area contributed by atoms with E-state index >= 15 is 0 Å². The van der Waals surface area contributed by atoms with Gasteiger partial charge in [0.2, 0.25) is 11.9 Å². The summed E-state index contributed by atoms with van der Waals surface area (Å²) in [6.45, 7) is 0. The molecule has 1 amide bonds. The molecule has 1 aromatic carbocycles. The van der Waals surface area contributed by atoms with E-state index in [1.54, 1.807) is 4.57 Å². The molecule has 7 heteroatoms. The largest absolute Gasteiger partial charge is 0.294 e. The summed E-state index contributed by atoms with van der Waals surface area (Å²) in [5.41, 5.74) is 1.27. The molecule has 1 aliphatic rings. The standard InChI is InChI=1S/C13H13N5OS/c14-10-8-11(19)15-12-16-17-13(18(10)12)20-7-6-9-4-2-1-3-5-9/h1-5,14H,6-8H2,(H,15,16,19). The van der Waals surface area contributed by atoms with Crippen LogP contribution in [0.5, 0.6) is 0 Å². The topological polar surface area (TPSA) is 83.7 Å². The van der Waals surface area contributed by atoms with Crippen molar-refractivity contribution >= 4 is 29.5 Å². The Kier molecular flexibility index (Phi) is 3.51. The van der Waals surface area contributed by atoms with Crippen molar-refractivity contribution in [2.45, 2.75) is 18.0 Å². The van der Waals surface area contributed by atoms with Crippen LogP contribution in [0.3, 0.4) is 0 Å². The van der Waals surface area contributed by atoms with Gasteiger partial charge in [0.25, 0.3) is 0 Å². The molecule has 0 saturated heterocycles. The highest BCUT2D eigenvalue weighted by molar-refractivity contribution is 7.99. The zero-order chi connectivity index (χ0) is 13.9. The molecule has 0 fully saturated rings. The first-order chi connectivity index (χ1) is 9.74. The van der Waals surface area contributed by atoms with Gasteiger partial charge >= 0.3 is 0 Å². The van der Waals surface area contributed by atoms with E-state index in [-0.39, 0.29) is 18.2 Å². The van der Waals surface area contributed by atoms with Crippen LogP contribution < -0.4 is 5.32 Å². The monoisotopic (exact) mass is 287 g/mol. The van der Waals surface area contributed by atoms with Crippen LogP contribution in [0, 0.1) is 5.41 Å². The molecular formula is C13H13N5OS. The van der Waals surface area contributed by atoms with Gasteiger partial charge in [0, 0.05) is 5.75 Å². The lowest BCUT2D eigenvalue weighted by molar-refractivity contribution is -0.115. The van der Waals surface area contributed by atoms with Crippen molar-refractivity contribution < 1.29 is 4.79 Å². The molecule has 0 bridgehead atoms. The predicted octanol–water partition coefficient (Wildman–Crippen LogP) is 1.78. The van der Waals surface area contributed by atoms with E-state index in [4.69, 9.17) is 5.41 Å². The van der Waals surface area contributed by atoms with Gasteiger partial charge in [-0.3, -0.25) is 15.5 Å². The minimum Gasteiger partial charge on any atom is -0.294 e. The lowest BCUT2D eigenvalue weighted by atomic mass is 10.2. The van der Waals surface area contributed by atoms with E-state index in [1.165, 1.54) is 17.3 Å². The van der Waals surface area contributed by atoms with Crippen molar-refractivity contribution in [1.82, 2.24) is 14.8 Å². The smallest absolute Gasteiger partial charge is 0.237 e. The van der Waals surface area contributed by atoms with E-state index in [9.17, 15) is 4.79 Å². The van der Waals surface area contributed by atoms with Crippen molar-refractivity contribution in [3.63, 3.8) is 0 Å². The lowest BCUT2D eigenvalue weighted by Gasteiger charge is -2.15. The number of benzene rings is 1. The third-order valence-electron chi connectivity index (χ3n) is 2.95. The number of aromatic nitrogens is 3. The average molecular weight is 287 g/mol. The van der Waals surface area contributed by atoms with Crippen LogP contribution in [0.4, 0.5) is 5.95 Å². The van der Waals surface area contributed by atoms with Crippen LogP contribution >= 0.6 is 11.8 Å².